The standard InChI is InChI=1S/C11H24N2O2S/c1-3-12-11-5-8-13(9-6-11)7-4-10-16(2,14)15/h11-12H,3-10H2,1-2H3. The Bertz CT molecular complexity index is 282. The van der Waals surface area contributed by atoms with E-state index in [-0.39, 0.29) is 0 Å². The topological polar surface area (TPSA) is 49.4 Å². The third-order valence-electron chi connectivity index (χ3n) is 3.07. The molecular weight excluding hydrogens is 224 g/mol. The molecule has 0 spiro atoms. The fourth-order valence-electron chi connectivity index (χ4n) is 2.20. The molecule has 0 saturated carbocycles. The van der Waals surface area contributed by atoms with Crippen molar-refractivity contribution in [1.82, 2.24) is 10.2 Å². The zero-order chi connectivity index (χ0) is 12.0. The van der Waals surface area contributed by atoms with Gasteiger partial charge in [0.15, 0.2) is 0 Å². The van der Waals surface area contributed by atoms with Crippen LogP contribution >= 0.6 is 0 Å². The van der Waals surface area contributed by atoms with E-state index in [9.17, 15) is 8.42 Å². The number of sulfone groups is 1. The Hall–Kier alpha value is -0.130. The van der Waals surface area contributed by atoms with Crippen molar-refractivity contribution >= 4 is 9.84 Å². The highest BCUT2D eigenvalue weighted by Gasteiger charge is 2.17. The van der Waals surface area contributed by atoms with Crippen molar-refractivity contribution < 1.29 is 8.42 Å². The number of piperidine rings is 1. The quantitative estimate of drug-likeness (QED) is 0.743. The normalized spacial score (nSPS) is 20.1. The van der Waals surface area contributed by atoms with Crippen molar-refractivity contribution in [1.29, 1.82) is 0 Å². The summed E-state index contributed by atoms with van der Waals surface area (Å²) in [7, 11) is -2.78. The van der Waals surface area contributed by atoms with Gasteiger partial charge in [-0.05, 0) is 45.4 Å². The monoisotopic (exact) mass is 248 g/mol. The second-order valence-electron chi connectivity index (χ2n) is 4.66. The zero-order valence-electron chi connectivity index (χ0n) is 10.4. The summed E-state index contributed by atoms with van der Waals surface area (Å²) in [5, 5.41) is 3.46. The molecule has 1 N–H and O–H groups in total. The number of hydrogen-bond acceptors (Lipinski definition) is 4. The van der Waals surface area contributed by atoms with Gasteiger partial charge in [0.25, 0.3) is 0 Å². The van der Waals surface area contributed by atoms with E-state index >= 15 is 0 Å². The molecule has 1 aliphatic rings. The minimum atomic E-state index is -2.78. The summed E-state index contributed by atoms with van der Waals surface area (Å²) < 4.78 is 22.0. The molecule has 1 rings (SSSR count). The minimum absolute atomic E-state index is 0.320. The molecule has 0 atom stereocenters. The number of rotatable bonds is 6. The molecule has 4 nitrogen and oxygen atoms in total. The van der Waals surface area contributed by atoms with E-state index in [1.807, 2.05) is 0 Å². The predicted molar refractivity (Wildman–Crippen MR) is 67.5 cm³/mol. The highest BCUT2D eigenvalue weighted by atomic mass is 32.2. The highest BCUT2D eigenvalue weighted by Crippen LogP contribution is 2.10. The average molecular weight is 248 g/mol. The Morgan fingerprint density at radius 1 is 1.31 bits per heavy atom. The van der Waals surface area contributed by atoms with Crippen LogP contribution in [0.4, 0.5) is 0 Å². The van der Waals surface area contributed by atoms with Crippen LogP contribution in [0, 0.1) is 0 Å². The van der Waals surface area contributed by atoms with Crippen LogP contribution in [0.25, 0.3) is 0 Å². The smallest absolute Gasteiger partial charge is 0.147 e. The summed E-state index contributed by atoms with van der Waals surface area (Å²) in [5.41, 5.74) is 0. The van der Waals surface area contributed by atoms with E-state index in [2.05, 4.69) is 17.1 Å². The van der Waals surface area contributed by atoms with Gasteiger partial charge >= 0.3 is 0 Å². The third kappa shape index (κ3) is 5.82. The fraction of sp³-hybridized carbons (Fsp3) is 1.00. The molecule has 0 bridgehead atoms. The van der Waals surface area contributed by atoms with Gasteiger partial charge < -0.3 is 10.2 Å². The predicted octanol–water partition coefficient (Wildman–Crippen LogP) is 0.495. The largest absolute Gasteiger partial charge is 0.314 e. The van der Waals surface area contributed by atoms with Crippen molar-refractivity contribution in [3.8, 4) is 0 Å². The summed E-state index contributed by atoms with van der Waals surface area (Å²) in [6.45, 7) is 6.30. The molecule has 0 aliphatic carbocycles. The molecule has 0 amide bonds. The maximum absolute atomic E-state index is 11.0. The Balaban J connectivity index is 2.13. The Labute approximate surface area is 99.3 Å². The Kier molecular flexibility index (Phi) is 5.72. The van der Waals surface area contributed by atoms with Gasteiger partial charge in [-0.1, -0.05) is 6.92 Å². The number of hydrogen-bond donors (Lipinski definition) is 1. The van der Waals surface area contributed by atoms with Gasteiger partial charge in [0, 0.05) is 12.3 Å². The van der Waals surface area contributed by atoms with Crippen LogP contribution in [0.3, 0.4) is 0 Å². The molecule has 1 heterocycles. The second kappa shape index (κ2) is 6.57. The lowest BCUT2D eigenvalue weighted by Crippen LogP contribution is -2.42. The van der Waals surface area contributed by atoms with Gasteiger partial charge in [0.1, 0.15) is 9.84 Å². The van der Waals surface area contributed by atoms with Crippen LogP contribution < -0.4 is 5.32 Å². The maximum atomic E-state index is 11.0. The molecule has 1 aliphatic heterocycles. The van der Waals surface area contributed by atoms with E-state index in [0.29, 0.717) is 11.8 Å². The molecule has 0 aromatic heterocycles. The first-order valence-corrected chi connectivity index (χ1v) is 8.21. The number of likely N-dealkylation sites (tertiary alicyclic amines) is 1. The average Bonchev–Trinajstić information content (AvgIpc) is 2.19. The highest BCUT2D eigenvalue weighted by molar-refractivity contribution is 7.90. The second-order valence-corrected chi connectivity index (χ2v) is 6.92. The fourth-order valence-corrected chi connectivity index (χ4v) is 2.85. The van der Waals surface area contributed by atoms with E-state index in [0.717, 1.165) is 32.6 Å². The van der Waals surface area contributed by atoms with E-state index in [4.69, 9.17) is 0 Å². The minimum Gasteiger partial charge on any atom is -0.314 e. The van der Waals surface area contributed by atoms with Gasteiger partial charge in [-0.25, -0.2) is 8.42 Å². The van der Waals surface area contributed by atoms with E-state index in [1.165, 1.54) is 19.1 Å². The van der Waals surface area contributed by atoms with Gasteiger partial charge in [-0.3, -0.25) is 0 Å². The zero-order valence-corrected chi connectivity index (χ0v) is 11.2. The number of nitrogens with one attached hydrogen (secondary N) is 1. The molecule has 0 aromatic carbocycles. The Morgan fingerprint density at radius 2 is 1.94 bits per heavy atom. The summed E-state index contributed by atoms with van der Waals surface area (Å²) in [4.78, 5) is 2.37. The molecule has 0 aromatic rings. The van der Waals surface area contributed by atoms with E-state index in [1.54, 1.807) is 0 Å². The lowest BCUT2D eigenvalue weighted by molar-refractivity contribution is 0.199. The van der Waals surface area contributed by atoms with Crippen molar-refractivity contribution in [3.05, 3.63) is 0 Å². The van der Waals surface area contributed by atoms with Crippen LogP contribution in [-0.2, 0) is 9.84 Å². The van der Waals surface area contributed by atoms with Gasteiger partial charge in [0.2, 0.25) is 0 Å². The van der Waals surface area contributed by atoms with Gasteiger partial charge in [-0.2, -0.15) is 0 Å². The van der Waals surface area contributed by atoms with E-state index < -0.39 is 9.84 Å². The molecule has 5 heteroatoms. The molecule has 96 valence electrons. The lowest BCUT2D eigenvalue weighted by atomic mass is 10.1. The Morgan fingerprint density at radius 3 is 2.44 bits per heavy atom. The molecule has 16 heavy (non-hydrogen) atoms. The van der Waals surface area contributed by atoms with Crippen LogP contribution in [0.5, 0.6) is 0 Å². The molecular formula is C11H24N2O2S. The molecule has 0 unspecified atom stereocenters. The molecule has 0 radical (unpaired) electrons. The van der Waals surface area contributed by atoms with Gasteiger partial charge in [-0.15, -0.1) is 0 Å². The molecule has 1 saturated heterocycles. The van der Waals surface area contributed by atoms with Crippen molar-refractivity contribution in [2.24, 2.45) is 0 Å². The first-order valence-electron chi connectivity index (χ1n) is 6.14. The summed E-state index contributed by atoms with van der Waals surface area (Å²) in [6.07, 6.45) is 4.45. The first kappa shape index (κ1) is 13.9. The lowest BCUT2D eigenvalue weighted by Gasteiger charge is -2.32. The van der Waals surface area contributed by atoms with Crippen molar-refractivity contribution in [2.75, 3.05) is 38.2 Å². The number of nitrogens with zero attached hydrogens (tertiary/aromatic N) is 1. The van der Waals surface area contributed by atoms with Crippen molar-refractivity contribution in [2.45, 2.75) is 32.2 Å². The third-order valence-corrected chi connectivity index (χ3v) is 4.10. The van der Waals surface area contributed by atoms with Crippen LogP contribution in [0.15, 0.2) is 0 Å². The summed E-state index contributed by atoms with van der Waals surface area (Å²) >= 11 is 0. The summed E-state index contributed by atoms with van der Waals surface area (Å²) in [6, 6.07) is 0.663. The SMILES string of the molecule is CCNC1CCN(CCCS(C)(=O)=O)CC1. The summed E-state index contributed by atoms with van der Waals surface area (Å²) in [5.74, 6) is 0.320. The first-order chi connectivity index (χ1) is 7.51. The van der Waals surface area contributed by atoms with Crippen molar-refractivity contribution in [3.63, 3.8) is 0 Å². The molecule has 1 fully saturated rings. The maximum Gasteiger partial charge on any atom is 0.147 e. The van der Waals surface area contributed by atoms with Gasteiger partial charge in [0.05, 0.1) is 5.75 Å². The van der Waals surface area contributed by atoms with Crippen LogP contribution in [0.2, 0.25) is 0 Å². The van der Waals surface area contributed by atoms with Crippen LogP contribution in [-0.4, -0.2) is 57.5 Å². The van der Waals surface area contributed by atoms with Crippen LogP contribution in [0.1, 0.15) is 26.2 Å².